The van der Waals surface area contributed by atoms with Gasteiger partial charge in [-0.25, -0.2) is 0 Å². The number of hydrogen-bond acceptors (Lipinski definition) is 4. The van der Waals surface area contributed by atoms with Crippen LogP contribution in [-0.2, 0) is 9.53 Å². The van der Waals surface area contributed by atoms with Crippen LogP contribution in [0.15, 0.2) is 12.1 Å². The number of pyridine rings is 1. The number of carbonyl (C=O) groups excluding carboxylic acids is 1. The van der Waals surface area contributed by atoms with Crippen LogP contribution in [0.4, 0.5) is 5.69 Å². The summed E-state index contributed by atoms with van der Waals surface area (Å²) in [6.45, 7) is 5.95. The molecule has 1 aliphatic rings. The monoisotopic (exact) mass is 249 g/mol. The first-order chi connectivity index (χ1) is 8.65. The predicted molar refractivity (Wildman–Crippen MR) is 69.6 cm³/mol. The van der Waals surface area contributed by atoms with Crippen LogP contribution in [0.2, 0.25) is 0 Å². The molecule has 0 aliphatic carbocycles. The van der Waals surface area contributed by atoms with Gasteiger partial charge in [-0.15, -0.1) is 0 Å². The molecule has 0 bridgehead atoms. The van der Waals surface area contributed by atoms with E-state index in [4.69, 9.17) is 4.74 Å². The number of aryl methyl sites for hydroxylation is 2. The Morgan fingerprint density at radius 3 is 3.06 bits per heavy atom. The molecule has 0 saturated carbocycles. The third kappa shape index (κ3) is 3.51. The van der Waals surface area contributed by atoms with E-state index < -0.39 is 0 Å². The summed E-state index contributed by atoms with van der Waals surface area (Å²) in [6.07, 6.45) is 0.424. The Balaban J connectivity index is 1.90. The van der Waals surface area contributed by atoms with Crippen molar-refractivity contribution in [3.63, 3.8) is 0 Å². The maximum Gasteiger partial charge on any atom is 0.226 e. The second-order valence-electron chi connectivity index (χ2n) is 4.56. The fraction of sp³-hybridized carbons (Fsp3) is 0.538. The number of ether oxygens (including phenoxy) is 1. The van der Waals surface area contributed by atoms with Gasteiger partial charge < -0.3 is 15.4 Å². The minimum absolute atomic E-state index is 0.00764. The number of carbonyl (C=O) groups is 1. The Kier molecular flexibility index (Phi) is 4.28. The average Bonchev–Trinajstić information content (AvgIpc) is 2.34. The highest BCUT2D eigenvalue weighted by atomic mass is 16.5. The Morgan fingerprint density at radius 2 is 2.39 bits per heavy atom. The van der Waals surface area contributed by atoms with E-state index in [1.54, 1.807) is 0 Å². The summed E-state index contributed by atoms with van der Waals surface area (Å²) in [6, 6.07) is 3.89. The van der Waals surface area contributed by atoms with Gasteiger partial charge in [0.15, 0.2) is 0 Å². The Bertz CT molecular complexity index is 428. The summed E-state index contributed by atoms with van der Waals surface area (Å²) in [4.78, 5) is 16.2. The standard InChI is InChI=1S/C13H19N3O2/c1-9-3-4-12(10(2)15-9)16-13(17)7-11-8-18-6-5-14-11/h3-4,11,14H,5-8H2,1-2H3,(H,16,17). The summed E-state index contributed by atoms with van der Waals surface area (Å²) in [5.41, 5.74) is 2.58. The zero-order valence-corrected chi connectivity index (χ0v) is 10.8. The highest BCUT2D eigenvalue weighted by Gasteiger charge is 2.17. The molecule has 0 spiro atoms. The zero-order valence-electron chi connectivity index (χ0n) is 10.8. The van der Waals surface area contributed by atoms with Crippen LogP contribution in [0.5, 0.6) is 0 Å². The highest BCUT2D eigenvalue weighted by Crippen LogP contribution is 2.13. The molecule has 2 N–H and O–H groups in total. The molecule has 98 valence electrons. The van der Waals surface area contributed by atoms with Crippen molar-refractivity contribution in [3.8, 4) is 0 Å². The molecule has 1 amide bonds. The van der Waals surface area contributed by atoms with Gasteiger partial charge in [0.1, 0.15) is 0 Å². The van der Waals surface area contributed by atoms with Gasteiger partial charge >= 0.3 is 0 Å². The Morgan fingerprint density at radius 1 is 1.56 bits per heavy atom. The van der Waals surface area contributed by atoms with Crippen molar-refractivity contribution < 1.29 is 9.53 Å². The minimum atomic E-state index is -0.00764. The fourth-order valence-corrected chi connectivity index (χ4v) is 1.99. The minimum Gasteiger partial charge on any atom is -0.378 e. The number of nitrogens with one attached hydrogen (secondary N) is 2. The molecule has 5 heteroatoms. The maximum absolute atomic E-state index is 11.9. The molecule has 0 radical (unpaired) electrons. The lowest BCUT2D eigenvalue weighted by molar-refractivity contribution is -0.117. The Labute approximate surface area is 107 Å². The van der Waals surface area contributed by atoms with E-state index in [0.717, 1.165) is 30.2 Å². The fourth-order valence-electron chi connectivity index (χ4n) is 1.99. The van der Waals surface area contributed by atoms with Crippen LogP contribution in [0.25, 0.3) is 0 Å². The quantitative estimate of drug-likeness (QED) is 0.839. The average molecular weight is 249 g/mol. The van der Waals surface area contributed by atoms with Crippen LogP contribution in [-0.4, -0.2) is 36.7 Å². The summed E-state index contributed by atoms with van der Waals surface area (Å²) in [7, 11) is 0. The van der Waals surface area contributed by atoms with E-state index in [1.165, 1.54) is 0 Å². The van der Waals surface area contributed by atoms with Gasteiger partial charge in [-0.3, -0.25) is 9.78 Å². The molecule has 2 heterocycles. The second-order valence-corrected chi connectivity index (χ2v) is 4.56. The van der Waals surface area contributed by atoms with E-state index in [9.17, 15) is 4.79 Å². The van der Waals surface area contributed by atoms with E-state index in [2.05, 4.69) is 15.6 Å². The number of anilines is 1. The lowest BCUT2D eigenvalue weighted by Gasteiger charge is -2.23. The second kappa shape index (κ2) is 5.93. The molecule has 18 heavy (non-hydrogen) atoms. The highest BCUT2D eigenvalue weighted by molar-refractivity contribution is 5.91. The first-order valence-electron chi connectivity index (χ1n) is 6.20. The molecule has 1 aliphatic heterocycles. The number of aromatic nitrogens is 1. The molecule has 1 saturated heterocycles. The van der Waals surface area contributed by atoms with Crippen molar-refractivity contribution in [1.82, 2.24) is 10.3 Å². The molecule has 2 rings (SSSR count). The van der Waals surface area contributed by atoms with Crippen LogP contribution in [0.3, 0.4) is 0 Å². The number of morpholine rings is 1. The van der Waals surface area contributed by atoms with Gasteiger partial charge in [0.2, 0.25) is 5.91 Å². The van der Waals surface area contributed by atoms with Gasteiger partial charge in [0.25, 0.3) is 0 Å². The third-order valence-electron chi connectivity index (χ3n) is 2.93. The zero-order chi connectivity index (χ0) is 13.0. The first-order valence-corrected chi connectivity index (χ1v) is 6.20. The summed E-state index contributed by atoms with van der Waals surface area (Å²) in [5, 5.41) is 6.15. The maximum atomic E-state index is 11.9. The van der Waals surface area contributed by atoms with Gasteiger partial charge in [-0.1, -0.05) is 0 Å². The molecular weight excluding hydrogens is 230 g/mol. The number of rotatable bonds is 3. The molecule has 1 atom stereocenters. The van der Waals surface area contributed by atoms with Gasteiger partial charge in [-0.2, -0.15) is 0 Å². The van der Waals surface area contributed by atoms with Crippen LogP contribution in [0.1, 0.15) is 17.8 Å². The SMILES string of the molecule is Cc1ccc(NC(=O)CC2COCCN2)c(C)n1. The molecule has 1 aromatic heterocycles. The van der Waals surface area contributed by atoms with Crippen molar-refractivity contribution in [3.05, 3.63) is 23.5 Å². The van der Waals surface area contributed by atoms with Gasteiger partial charge in [0.05, 0.1) is 24.6 Å². The molecule has 1 unspecified atom stereocenters. The topological polar surface area (TPSA) is 63.2 Å². The van der Waals surface area contributed by atoms with E-state index in [1.807, 2.05) is 26.0 Å². The summed E-state index contributed by atoms with van der Waals surface area (Å²) < 4.78 is 5.32. The number of nitrogens with zero attached hydrogens (tertiary/aromatic N) is 1. The van der Waals surface area contributed by atoms with E-state index in [-0.39, 0.29) is 11.9 Å². The largest absolute Gasteiger partial charge is 0.378 e. The van der Waals surface area contributed by atoms with Crippen molar-refractivity contribution >= 4 is 11.6 Å². The van der Waals surface area contributed by atoms with Crippen molar-refractivity contribution in [2.24, 2.45) is 0 Å². The van der Waals surface area contributed by atoms with E-state index >= 15 is 0 Å². The molecule has 1 aromatic rings. The van der Waals surface area contributed by atoms with E-state index in [0.29, 0.717) is 13.0 Å². The van der Waals surface area contributed by atoms with Crippen molar-refractivity contribution in [2.45, 2.75) is 26.3 Å². The smallest absolute Gasteiger partial charge is 0.226 e. The number of hydrogen-bond donors (Lipinski definition) is 2. The van der Waals surface area contributed by atoms with Crippen LogP contribution < -0.4 is 10.6 Å². The lowest BCUT2D eigenvalue weighted by atomic mass is 10.2. The van der Waals surface area contributed by atoms with Crippen molar-refractivity contribution in [1.29, 1.82) is 0 Å². The number of amides is 1. The normalized spacial score (nSPS) is 19.6. The predicted octanol–water partition coefficient (Wildman–Crippen LogP) is 1.02. The third-order valence-corrected chi connectivity index (χ3v) is 2.93. The van der Waals surface area contributed by atoms with Gasteiger partial charge in [0, 0.05) is 24.7 Å². The molecular formula is C13H19N3O2. The molecule has 0 aromatic carbocycles. The van der Waals surface area contributed by atoms with Crippen LogP contribution in [0, 0.1) is 13.8 Å². The Hall–Kier alpha value is -1.46. The van der Waals surface area contributed by atoms with Crippen LogP contribution >= 0.6 is 0 Å². The first kappa shape index (κ1) is 13.0. The van der Waals surface area contributed by atoms with Crippen molar-refractivity contribution in [2.75, 3.05) is 25.1 Å². The summed E-state index contributed by atoms with van der Waals surface area (Å²) in [5.74, 6) is -0.00764. The summed E-state index contributed by atoms with van der Waals surface area (Å²) >= 11 is 0. The molecule has 1 fully saturated rings. The molecule has 5 nitrogen and oxygen atoms in total. The van der Waals surface area contributed by atoms with Gasteiger partial charge in [-0.05, 0) is 26.0 Å². The lowest BCUT2D eigenvalue weighted by Crippen LogP contribution is -2.43.